The fraction of sp³-hybridized carbons (Fsp3) is 0.143. The number of benzene rings is 2. The summed E-state index contributed by atoms with van der Waals surface area (Å²) in [5.74, 6) is 0.249. The molecule has 0 radical (unpaired) electrons. The lowest BCUT2D eigenvalue weighted by Gasteiger charge is -2.07. The van der Waals surface area contributed by atoms with Crippen LogP contribution in [-0.4, -0.2) is 24.8 Å². The summed E-state index contributed by atoms with van der Waals surface area (Å²) in [5.41, 5.74) is 1.83. The summed E-state index contributed by atoms with van der Waals surface area (Å²) >= 11 is 0. The molecule has 0 spiro atoms. The van der Waals surface area contributed by atoms with Gasteiger partial charge in [-0.1, -0.05) is 35.5 Å². The molecule has 0 aliphatic carbocycles. The molecule has 7 heteroatoms. The number of hydrogen-bond acceptors (Lipinski definition) is 5. The summed E-state index contributed by atoms with van der Waals surface area (Å²) in [6, 6.07) is 13.4. The van der Waals surface area contributed by atoms with Crippen LogP contribution < -0.4 is 14.8 Å². The number of hydrogen-bond donors (Lipinski definition) is 1. The number of anilines is 1. The van der Waals surface area contributed by atoms with E-state index >= 15 is 0 Å². The number of amides is 1. The molecule has 3 rings (SSSR count). The molecule has 0 saturated heterocycles. The van der Waals surface area contributed by atoms with Gasteiger partial charge in [0.2, 0.25) is 0 Å². The topological polar surface area (TPSA) is 73.6 Å². The number of carbonyl (C=O) groups is 1. The van der Waals surface area contributed by atoms with Crippen LogP contribution >= 0.6 is 0 Å². The minimum absolute atomic E-state index is 0.0133. The van der Waals surface area contributed by atoms with E-state index in [9.17, 15) is 9.18 Å². The van der Waals surface area contributed by atoms with Gasteiger partial charge >= 0.3 is 0 Å². The lowest BCUT2D eigenvalue weighted by Crippen LogP contribution is -2.21. The molecule has 0 bridgehead atoms. The van der Waals surface area contributed by atoms with E-state index in [0.717, 1.165) is 11.3 Å². The summed E-state index contributed by atoms with van der Waals surface area (Å²) in [5, 5.41) is 6.64. The van der Waals surface area contributed by atoms with Gasteiger partial charge in [0.25, 0.3) is 5.91 Å². The molecule has 1 aromatic heterocycles. The average Bonchev–Trinajstić information content (AvgIpc) is 3.05. The van der Waals surface area contributed by atoms with Crippen LogP contribution in [0.3, 0.4) is 0 Å². The van der Waals surface area contributed by atoms with E-state index in [1.807, 2.05) is 30.3 Å². The average molecular weight is 382 g/mol. The van der Waals surface area contributed by atoms with Crippen molar-refractivity contribution < 1.29 is 23.2 Å². The van der Waals surface area contributed by atoms with Crippen LogP contribution in [0.5, 0.6) is 11.5 Å². The molecule has 0 saturated carbocycles. The maximum atomic E-state index is 13.6. The summed E-state index contributed by atoms with van der Waals surface area (Å²) in [6.07, 6.45) is 3.56. The van der Waals surface area contributed by atoms with Gasteiger partial charge < -0.3 is 19.3 Å². The number of rotatable bonds is 7. The Morgan fingerprint density at radius 2 is 1.93 bits per heavy atom. The molecular weight excluding hydrogens is 363 g/mol. The van der Waals surface area contributed by atoms with E-state index in [2.05, 4.69) is 10.5 Å². The van der Waals surface area contributed by atoms with Crippen LogP contribution in [0, 0.1) is 12.7 Å². The van der Waals surface area contributed by atoms with Gasteiger partial charge in [0.15, 0.2) is 23.9 Å². The smallest absolute Gasteiger partial charge is 0.262 e. The lowest BCUT2D eigenvalue weighted by atomic mass is 10.2. The van der Waals surface area contributed by atoms with Crippen LogP contribution in [0.1, 0.15) is 17.0 Å². The molecule has 0 atom stereocenters. The van der Waals surface area contributed by atoms with Gasteiger partial charge in [-0.3, -0.25) is 4.79 Å². The Kier molecular flexibility index (Phi) is 6.06. The van der Waals surface area contributed by atoms with Crippen LogP contribution in [0.25, 0.3) is 12.2 Å². The van der Waals surface area contributed by atoms with Crippen molar-refractivity contribution >= 4 is 23.7 Å². The van der Waals surface area contributed by atoms with Crippen molar-refractivity contribution in [3.8, 4) is 11.5 Å². The Bertz CT molecular complexity index is 980. The molecule has 0 aliphatic rings. The number of ether oxygens (including phenoxy) is 2. The fourth-order valence-corrected chi connectivity index (χ4v) is 2.43. The zero-order valence-corrected chi connectivity index (χ0v) is 15.4. The van der Waals surface area contributed by atoms with Gasteiger partial charge in [0, 0.05) is 0 Å². The highest BCUT2D eigenvalue weighted by molar-refractivity contribution is 5.94. The molecular formula is C21H19FN2O4. The molecule has 1 amide bonds. The van der Waals surface area contributed by atoms with Gasteiger partial charge in [-0.15, -0.1) is 0 Å². The first-order valence-electron chi connectivity index (χ1n) is 8.52. The highest BCUT2D eigenvalue weighted by atomic mass is 19.1. The number of aryl methyl sites for hydroxylation is 1. The Hall–Kier alpha value is -3.61. The van der Waals surface area contributed by atoms with Crippen molar-refractivity contribution in [1.29, 1.82) is 0 Å². The van der Waals surface area contributed by atoms with E-state index in [0.29, 0.717) is 17.1 Å². The molecule has 28 heavy (non-hydrogen) atoms. The molecule has 2 aromatic carbocycles. The number of para-hydroxylation sites is 1. The Morgan fingerprint density at radius 3 is 2.64 bits per heavy atom. The lowest BCUT2D eigenvalue weighted by molar-refractivity contribution is -0.118. The van der Waals surface area contributed by atoms with Crippen molar-refractivity contribution in [3.63, 3.8) is 0 Å². The van der Waals surface area contributed by atoms with Gasteiger partial charge in [0.1, 0.15) is 17.1 Å². The van der Waals surface area contributed by atoms with Crippen molar-refractivity contribution in [2.24, 2.45) is 0 Å². The third-order valence-electron chi connectivity index (χ3n) is 3.90. The summed E-state index contributed by atoms with van der Waals surface area (Å²) in [6.45, 7) is 1.35. The Balaban J connectivity index is 1.65. The zero-order valence-electron chi connectivity index (χ0n) is 15.4. The van der Waals surface area contributed by atoms with E-state index in [1.165, 1.54) is 12.1 Å². The third-order valence-corrected chi connectivity index (χ3v) is 3.90. The minimum atomic E-state index is -0.528. The van der Waals surface area contributed by atoms with Gasteiger partial charge in [0.05, 0.1) is 7.11 Å². The fourth-order valence-electron chi connectivity index (χ4n) is 2.43. The molecule has 0 aliphatic heterocycles. The normalized spacial score (nSPS) is 10.8. The second-order valence-corrected chi connectivity index (χ2v) is 5.87. The number of nitrogens with zero attached hydrogens (tertiary/aromatic N) is 1. The van der Waals surface area contributed by atoms with E-state index in [-0.39, 0.29) is 12.4 Å². The molecule has 1 heterocycles. The number of aromatic nitrogens is 1. The SMILES string of the molecule is COc1ccc(/C=C/c2noc(C)c2NC(=O)COc2ccccc2F)cc1. The van der Waals surface area contributed by atoms with Crippen LogP contribution in [0.15, 0.2) is 53.1 Å². The monoisotopic (exact) mass is 382 g/mol. The van der Waals surface area contributed by atoms with E-state index in [1.54, 1.807) is 32.2 Å². The summed E-state index contributed by atoms with van der Waals surface area (Å²) in [7, 11) is 1.61. The quantitative estimate of drug-likeness (QED) is 0.659. The first-order chi connectivity index (χ1) is 13.6. The molecule has 0 fully saturated rings. The van der Waals surface area contributed by atoms with Crippen LogP contribution in [0.2, 0.25) is 0 Å². The largest absolute Gasteiger partial charge is 0.497 e. The second kappa shape index (κ2) is 8.85. The molecule has 0 unspecified atom stereocenters. The van der Waals surface area contributed by atoms with Crippen molar-refractivity contribution in [2.45, 2.75) is 6.92 Å². The van der Waals surface area contributed by atoms with Gasteiger partial charge in [-0.2, -0.15) is 0 Å². The number of carbonyl (C=O) groups excluding carboxylic acids is 1. The van der Waals surface area contributed by atoms with Gasteiger partial charge in [-0.25, -0.2) is 4.39 Å². The first kappa shape index (κ1) is 19.2. The molecule has 144 valence electrons. The van der Waals surface area contributed by atoms with Crippen molar-refractivity contribution in [3.05, 3.63) is 71.4 Å². The molecule has 1 N–H and O–H groups in total. The maximum absolute atomic E-state index is 13.6. The van der Waals surface area contributed by atoms with Crippen LogP contribution in [-0.2, 0) is 4.79 Å². The number of halogens is 1. The first-order valence-corrected chi connectivity index (χ1v) is 8.52. The second-order valence-electron chi connectivity index (χ2n) is 5.87. The van der Waals surface area contributed by atoms with Crippen molar-refractivity contribution in [1.82, 2.24) is 5.16 Å². The standard InChI is InChI=1S/C21H19FN2O4/c1-14-21(23-20(25)13-27-19-6-4-3-5-17(19)22)18(24-28-14)12-9-15-7-10-16(26-2)11-8-15/h3-12H,13H2,1-2H3,(H,23,25)/b12-9+. The number of methoxy groups -OCH3 is 1. The predicted octanol–water partition coefficient (Wildman–Crippen LogP) is 4.32. The zero-order chi connectivity index (χ0) is 19.9. The Morgan fingerprint density at radius 1 is 1.18 bits per heavy atom. The molecule has 6 nitrogen and oxygen atoms in total. The highest BCUT2D eigenvalue weighted by Crippen LogP contribution is 2.23. The van der Waals surface area contributed by atoms with Crippen molar-refractivity contribution in [2.75, 3.05) is 19.0 Å². The summed E-state index contributed by atoms with van der Waals surface area (Å²) in [4.78, 5) is 12.2. The van der Waals surface area contributed by atoms with E-state index < -0.39 is 11.7 Å². The summed E-state index contributed by atoms with van der Waals surface area (Å²) < 4.78 is 29.1. The maximum Gasteiger partial charge on any atom is 0.262 e. The number of nitrogens with one attached hydrogen (secondary N) is 1. The van der Waals surface area contributed by atoms with E-state index in [4.69, 9.17) is 14.0 Å². The third kappa shape index (κ3) is 4.76. The van der Waals surface area contributed by atoms with Crippen LogP contribution in [0.4, 0.5) is 10.1 Å². The predicted molar refractivity (Wildman–Crippen MR) is 104 cm³/mol. The van der Waals surface area contributed by atoms with Gasteiger partial charge in [-0.05, 0) is 42.8 Å². The highest BCUT2D eigenvalue weighted by Gasteiger charge is 2.14. The molecule has 3 aromatic rings. The minimum Gasteiger partial charge on any atom is -0.497 e. The Labute approximate surface area is 161 Å².